The Morgan fingerprint density at radius 2 is 1.93 bits per heavy atom. The SMILES string of the molecule is CC(C)(C)OC(=O)Nc1ccc2c(c1)ncn2-c1ccnc(S(C)(=O)=O)n1. The van der Waals surface area contributed by atoms with E-state index in [4.69, 9.17) is 4.74 Å². The first-order chi connectivity index (χ1) is 12.5. The molecule has 0 radical (unpaired) electrons. The number of anilines is 1. The number of aromatic nitrogens is 4. The van der Waals surface area contributed by atoms with Crippen LogP contribution in [0.15, 0.2) is 41.9 Å². The van der Waals surface area contributed by atoms with E-state index in [2.05, 4.69) is 20.3 Å². The number of ether oxygens (including phenoxy) is 1. The molecule has 2 aromatic heterocycles. The molecule has 0 spiro atoms. The number of hydrogen-bond acceptors (Lipinski definition) is 7. The first-order valence-electron chi connectivity index (χ1n) is 8.03. The number of imidazole rings is 1. The molecular formula is C17H19N5O4S. The Morgan fingerprint density at radius 1 is 1.19 bits per heavy atom. The summed E-state index contributed by atoms with van der Waals surface area (Å²) in [6, 6.07) is 6.72. The van der Waals surface area contributed by atoms with Gasteiger partial charge in [0.1, 0.15) is 17.7 Å². The van der Waals surface area contributed by atoms with Crippen LogP contribution in [-0.4, -0.2) is 45.9 Å². The summed E-state index contributed by atoms with van der Waals surface area (Å²) in [5.74, 6) is 0.376. The summed E-state index contributed by atoms with van der Waals surface area (Å²) in [5.41, 5.74) is 1.23. The monoisotopic (exact) mass is 389 g/mol. The van der Waals surface area contributed by atoms with E-state index in [1.165, 1.54) is 12.5 Å². The average molecular weight is 389 g/mol. The van der Waals surface area contributed by atoms with E-state index in [-0.39, 0.29) is 5.16 Å². The van der Waals surface area contributed by atoms with Gasteiger partial charge in [0, 0.05) is 18.1 Å². The third kappa shape index (κ3) is 4.40. The lowest BCUT2D eigenvalue weighted by molar-refractivity contribution is 0.0636. The molecule has 142 valence electrons. The third-order valence-electron chi connectivity index (χ3n) is 3.39. The van der Waals surface area contributed by atoms with Crippen LogP contribution in [0.25, 0.3) is 16.9 Å². The van der Waals surface area contributed by atoms with Crippen molar-refractivity contribution in [3.63, 3.8) is 0 Å². The van der Waals surface area contributed by atoms with Gasteiger partial charge in [-0.05, 0) is 45.0 Å². The quantitative estimate of drug-likeness (QED) is 0.684. The number of carbonyl (C=O) groups excluding carboxylic acids is 1. The van der Waals surface area contributed by atoms with Crippen molar-refractivity contribution in [1.29, 1.82) is 0 Å². The van der Waals surface area contributed by atoms with Crippen molar-refractivity contribution in [2.24, 2.45) is 0 Å². The van der Waals surface area contributed by atoms with Gasteiger partial charge >= 0.3 is 6.09 Å². The van der Waals surface area contributed by atoms with Crippen LogP contribution < -0.4 is 5.32 Å². The molecule has 10 heteroatoms. The molecule has 2 heterocycles. The fraction of sp³-hybridized carbons (Fsp3) is 0.294. The Bertz CT molecular complexity index is 1120. The third-order valence-corrected chi connectivity index (χ3v) is 4.25. The molecule has 0 aliphatic rings. The number of carbonyl (C=O) groups is 1. The molecule has 3 rings (SSSR count). The van der Waals surface area contributed by atoms with Crippen LogP contribution in [0, 0.1) is 0 Å². The first kappa shape index (κ1) is 18.8. The van der Waals surface area contributed by atoms with Gasteiger partial charge < -0.3 is 4.74 Å². The van der Waals surface area contributed by atoms with Gasteiger partial charge in [-0.1, -0.05) is 0 Å². The van der Waals surface area contributed by atoms with Gasteiger partial charge in [-0.25, -0.2) is 28.2 Å². The lowest BCUT2D eigenvalue weighted by Gasteiger charge is -2.19. The zero-order valence-electron chi connectivity index (χ0n) is 15.3. The van der Waals surface area contributed by atoms with Gasteiger partial charge in [-0.2, -0.15) is 0 Å². The molecule has 9 nitrogen and oxygen atoms in total. The zero-order valence-corrected chi connectivity index (χ0v) is 16.1. The number of nitrogens with zero attached hydrogens (tertiary/aromatic N) is 4. The average Bonchev–Trinajstić information content (AvgIpc) is 2.95. The second-order valence-electron chi connectivity index (χ2n) is 6.91. The molecule has 0 fully saturated rings. The van der Waals surface area contributed by atoms with Crippen LogP contribution in [0.2, 0.25) is 0 Å². The fourth-order valence-corrected chi connectivity index (χ4v) is 2.85. The zero-order chi connectivity index (χ0) is 19.8. The van der Waals surface area contributed by atoms with Crippen molar-refractivity contribution >= 4 is 32.7 Å². The van der Waals surface area contributed by atoms with Crippen molar-refractivity contribution in [3.8, 4) is 5.82 Å². The van der Waals surface area contributed by atoms with E-state index in [0.717, 1.165) is 6.26 Å². The van der Waals surface area contributed by atoms with Crippen LogP contribution >= 0.6 is 0 Å². The molecule has 27 heavy (non-hydrogen) atoms. The predicted octanol–water partition coefficient (Wildman–Crippen LogP) is 2.57. The number of hydrogen-bond donors (Lipinski definition) is 1. The van der Waals surface area contributed by atoms with Crippen molar-refractivity contribution in [3.05, 3.63) is 36.8 Å². The summed E-state index contributed by atoms with van der Waals surface area (Å²) in [5, 5.41) is 2.39. The van der Waals surface area contributed by atoms with E-state index in [0.29, 0.717) is 22.5 Å². The van der Waals surface area contributed by atoms with Gasteiger partial charge in [0.2, 0.25) is 15.0 Å². The lowest BCUT2D eigenvalue weighted by atomic mass is 10.2. The number of sulfone groups is 1. The molecule has 3 aromatic rings. The molecule has 0 atom stereocenters. The fourth-order valence-electron chi connectivity index (χ4n) is 2.34. The Morgan fingerprint density at radius 3 is 2.59 bits per heavy atom. The molecule has 0 aliphatic heterocycles. The Kier molecular flexibility index (Phi) is 4.60. The van der Waals surface area contributed by atoms with Crippen LogP contribution in [0.5, 0.6) is 0 Å². The molecule has 0 unspecified atom stereocenters. The van der Waals surface area contributed by atoms with Gasteiger partial charge in [0.15, 0.2) is 0 Å². The summed E-state index contributed by atoms with van der Waals surface area (Å²) < 4.78 is 30.2. The minimum atomic E-state index is -3.52. The molecule has 0 saturated heterocycles. The Labute approximate surface area is 156 Å². The number of amides is 1. The van der Waals surface area contributed by atoms with E-state index < -0.39 is 21.5 Å². The van der Waals surface area contributed by atoms with Crippen molar-refractivity contribution < 1.29 is 17.9 Å². The predicted molar refractivity (Wildman–Crippen MR) is 99.6 cm³/mol. The van der Waals surface area contributed by atoms with E-state index in [1.807, 2.05) is 0 Å². The summed E-state index contributed by atoms with van der Waals surface area (Å²) in [6.07, 6.45) is 3.39. The van der Waals surface area contributed by atoms with Gasteiger partial charge in [-0.15, -0.1) is 0 Å². The van der Waals surface area contributed by atoms with Gasteiger partial charge in [0.25, 0.3) is 0 Å². The highest BCUT2D eigenvalue weighted by Gasteiger charge is 2.17. The molecular weight excluding hydrogens is 370 g/mol. The normalized spacial score (nSPS) is 12.1. The standard InChI is InChI=1S/C17H19N5O4S/c1-17(2,3)26-16(23)20-11-5-6-13-12(9-11)19-10-22(13)14-7-8-18-15(21-14)27(4,24)25/h5-10H,1-4H3,(H,20,23). The van der Waals surface area contributed by atoms with E-state index in [1.54, 1.807) is 49.6 Å². The number of fused-ring (bicyclic) bond motifs is 1. The lowest BCUT2D eigenvalue weighted by Crippen LogP contribution is -2.27. The molecule has 1 amide bonds. The minimum absolute atomic E-state index is 0.259. The smallest absolute Gasteiger partial charge is 0.412 e. The minimum Gasteiger partial charge on any atom is -0.444 e. The summed E-state index contributed by atoms with van der Waals surface area (Å²) in [4.78, 5) is 24.0. The Hall–Kier alpha value is -3.01. The highest BCUT2D eigenvalue weighted by atomic mass is 32.2. The maximum absolute atomic E-state index is 11.9. The van der Waals surface area contributed by atoms with Crippen molar-refractivity contribution in [2.45, 2.75) is 31.5 Å². The second kappa shape index (κ2) is 6.62. The number of benzene rings is 1. The van der Waals surface area contributed by atoms with Crippen LogP contribution in [0.1, 0.15) is 20.8 Å². The maximum Gasteiger partial charge on any atom is 0.412 e. The highest BCUT2D eigenvalue weighted by Crippen LogP contribution is 2.21. The largest absolute Gasteiger partial charge is 0.444 e. The van der Waals surface area contributed by atoms with Crippen LogP contribution in [0.3, 0.4) is 0 Å². The van der Waals surface area contributed by atoms with Crippen molar-refractivity contribution in [1.82, 2.24) is 19.5 Å². The molecule has 0 aliphatic carbocycles. The number of rotatable bonds is 3. The molecule has 1 aromatic carbocycles. The maximum atomic E-state index is 11.9. The molecule has 0 bridgehead atoms. The van der Waals surface area contributed by atoms with Crippen LogP contribution in [-0.2, 0) is 14.6 Å². The van der Waals surface area contributed by atoms with Crippen LogP contribution in [0.4, 0.5) is 10.5 Å². The van der Waals surface area contributed by atoms with Crippen molar-refractivity contribution in [2.75, 3.05) is 11.6 Å². The topological polar surface area (TPSA) is 116 Å². The summed E-state index contributed by atoms with van der Waals surface area (Å²) >= 11 is 0. The second-order valence-corrected chi connectivity index (χ2v) is 8.82. The number of nitrogens with one attached hydrogen (secondary N) is 1. The molecule has 1 N–H and O–H groups in total. The van der Waals surface area contributed by atoms with Gasteiger partial charge in [-0.3, -0.25) is 9.88 Å². The molecule has 0 saturated carbocycles. The van der Waals surface area contributed by atoms with E-state index >= 15 is 0 Å². The van der Waals surface area contributed by atoms with E-state index in [9.17, 15) is 13.2 Å². The Balaban J connectivity index is 1.92. The highest BCUT2D eigenvalue weighted by molar-refractivity contribution is 7.90. The summed E-state index contributed by atoms with van der Waals surface area (Å²) in [6.45, 7) is 5.35. The van der Waals surface area contributed by atoms with Gasteiger partial charge in [0.05, 0.1) is 11.0 Å². The summed E-state index contributed by atoms with van der Waals surface area (Å²) in [7, 11) is -3.52. The first-order valence-corrected chi connectivity index (χ1v) is 9.93.